The normalized spacial score (nSPS) is 14.2. The Morgan fingerprint density at radius 1 is 0.857 bits per heavy atom. The fraction of sp³-hybridized carbons (Fsp3) is 0.143. The molecule has 3 aromatic rings. The van der Waals surface area contributed by atoms with Crippen LogP contribution in [0.2, 0.25) is 0 Å². The molecule has 0 radical (unpaired) electrons. The van der Waals surface area contributed by atoms with E-state index < -0.39 is 47.5 Å². The first-order chi connectivity index (χ1) is 22.3. The number of hydrogen-bond donors (Lipinski definition) is 1. The number of ether oxygens (including phenoxy) is 1. The maximum Gasteiger partial charge on any atom is 1.00 e. The van der Waals surface area contributed by atoms with Gasteiger partial charge in [0.2, 0.25) is 0 Å². The molecule has 2 aromatic carbocycles. The maximum absolute atomic E-state index is 13.2. The molecular weight excluding hydrogens is 743 g/mol. The SMILES string of the molecule is CCOOOc1[nH]n(-c2ccc(S(=O)(=O)[O-])cc2)c(=O)c1C=CC=C/C=C1\C(=O)N(c2ccc(S(=O)(=O)[O-])cc2)N=C1C(=O)OCC.[K+].[K+]. The van der Waals surface area contributed by atoms with E-state index in [-0.39, 0.29) is 150 Å². The van der Waals surface area contributed by atoms with Gasteiger partial charge in [0.25, 0.3) is 17.3 Å². The Bertz CT molecular complexity index is 2070. The molecule has 21 heteroatoms. The van der Waals surface area contributed by atoms with E-state index in [2.05, 4.69) is 15.2 Å². The minimum atomic E-state index is -4.73. The van der Waals surface area contributed by atoms with E-state index in [0.717, 1.165) is 34.0 Å². The third-order valence-corrected chi connectivity index (χ3v) is 7.72. The van der Waals surface area contributed by atoms with Crippen LogP contribution >= 0.6 is 0 Å². The number of carbonyl (C=O) groups is 2. The van der Waals surface area contributed by atoms with E-state index in [1.807, 2.05) is 0 Å². The molecule has 248 valence electrons. The molecule has 17 nitrogen and oxygen atoms in total. The average Bonchev–Trinajstić information content (AvgIpc) is 3.52. The monoisotopic (exact) mass is 766 g/mol. The second-order valence-corrected chi connectivity index (χ2v) is 11.8. The van der Waals surface area contributed by atoms with Crippen molar-refractivity contribution in [1.82, 2.24) is 9.78 Å². The molecule has 0 fully saturated rings. The Morgan fingerprint density at radius 3 is 1.96 bits per heavy atom. The summed E-state index contributed by atoms with van der Waals surface area (Å²) in [6.07, 6.45) is 6.71. The summed E-state index contributed by atoms with van der Waals surface area (Å²) < 4.78 is 73.5. The summed E-state index contributed by atoms with van der Waals surface area (Å²) in [6.45, 7) is 3.27. The van der Waals surface area contributed by atoms with Crippen molar-refractivity contribution in [3.05, 3.63) is 94.3 Å². The Morgan fingerprint density at radius 2 is 1.43 bits per heavy atom. The fourth-order valence-corrected chi connectivity index (χ4v) is 4.84. The van der Waals surface area contributed by atoms with Crippen molar-refractivity contribution >= 4 is 49.6 Å². The van der Waals surface area contributed by atoms with Crippen molar-refractivity contribution in [2.45, 2.75) is 23.6 Å². The number of carbonyl (C=O) groups excluding carboxylic acids is 2. The summed E-state index contributed by atoms with van der Waals surface area (Å²) in [4.78, 5) is 47.6. The number of hydrogen-bond acceptors (Lipinski definition) is 14. The van der Waals surface area contributed by atoms with Crippen LogP contribution in [0.4, 0.5) is 5.69 Å². The fourth-order valence-electron chi connectivity index (χ4n) is 3.90. The Kier molecular flexibility index (Phi) is 16.8. The van der Waals surface area contributed by atoms with E-state index in [4.69, 9.17) is 14.5 Å². The number of aromatic nitrogens is 2. The molecule has 0 unspecified atom stereocenters. The number of hydrazone groups is 1. The Labute approximate surface area is 364 Å². The number of nitrogens with one attached hydrogen (secondary N) is 1. The molecule has 0 aliphatic carbocycles. The first-order valence-corrected chi connectivity index (χ1v) is 16.2. The van der Waals surface area contributed by atoms with Crippen LogP contribution in [0.3, 0.4) is 0 Å². The second-order valence-electron chi connectivity index (χ2n) is 9.06. The van der Waals surface area contributed by atoms with E-state index >= 15 is 0 Å². The van der Waals surface area contributed by atoms with Gasteiger partial charge in [-0.1, -0.05) is 18.2 Å². The number of benzene rings is 2. The van der Waals surface area contributed by atoms with Gasteiger partial charge in [-0.15, -0.1) is 0 Å². The first kappa shape index (κ1) is 43.3. The Balaban J connectivity index is 0.00000417. The number of aromatic amines is 1. The van der Waals surface area contributed by atoms with Crippen molar-refractivity contribution in [3.63, 3.8) is 0 Å². The van der Waals surface area contributed by atoms with Gasteiger partial charge in [0, 0.05) is 0 Å². The molecule has 1 amide bonds. The van der Waals surface area contributed by atoms with E-state index in [9.17, 15) is 40.3 Å². The van der Waals surface area contributed by atoms with Crippen LogP contribution in [0.5, 0.6) is 5.88 Å². The third-order valence-electron chi connectivity index (χ3n) is 6.02. The van der Waals surface area contributed by atoms with Gasteiger partial charge in [0.05, 0.1) is 40.0 Å². The molecule has 1 N–H and O–H groups in total. The van der Waals surface area contributed by atoms with E-state index in [0.29, 0.717) is 0 Å². The quantitative estimate of drug-likeness (QED) is 0.0254. The smallest absolute Gasteiger partial charge is 0.744 e. The van der Waals surface area contributed by atoms with E-state index in [1.54, 1.807) is 13.8 Å². The zero-order valence-electron chi connectivity index (χ0n) is 26.4. The first-order valence-electron chi connectivity index (χ1n) is 13.3. The van der Waals surface area contributed by atoms with Crippen LogP contribution in [0.15, 0.2) is 98.1 Å². The summed E-state index contributed by atoms with van der Waals surface area (Å²) in [7, 11) is -9.44. The summed E-state index contributed by atoms with van der Waals surface area (Å²) in [6, 6.07) is 8.84. The number of nitrogens with zero attached hydrogens (tertiary/aromatic N) is 3. The van der Waals surface area contributed by atoms with Gasteiger partial charge in [0.1, 0.15) is 25.8 Å². The van der Waals surface area contributed by atoms with Gasteiger partial charge in [-0.05, 0) is 79.6 Å². The number of allylic oxidation sites excluding steroid dienone is 4. The number of anilines is 1. The van der Waals surface area contributed by atoms with Crippen molar-refractivity contribution < 1.29 is 158 Å². The number of amides is 1. The van der Waals surface area contributed by atoms with Crippen LogP contribution in [0.1, 0.15) is 19.4 Å². The second kappa shape index (κ2) is 19.1. The zero-order valence-corrected chi connectivity index (χ0v) is 34.3. The van der Waals surface area contributed by atoms with Crippen molar-refractivity contribution in [2.24, 2.45) is 5.10 Å². The molecule has 1 aliphatic rings. The van der Waals surface area contributed by atoms with Crippen LogP contribution in [-0.4, -0.2) is 66.5 Å². The van der Waals surface area contributed by atoms with Crippen molar-refractivity contribution in [2.75, 3.05) is 18.2 Å². The van der Waals surface area contributed by atoms with Gasteiger partial charge in [0.15, 0.2) is 5.71 Å². The van der Waals surface area contributed by atoms with Crippen molar-refractivity contribution in [3.8, 4) is 11.6 Å². The van der Waals surface area contributed by atoms with Gasteiger partial charge >= 0.3 is 109 Å². The van der Waals surface area contributed by atoms with Gasteiger partial charge in [-0.2, -0.15) is 15.0 Å². The summed E-state index contributed by atoms with van der Waals surface area (Å²) in [5.41, 5.74) is -1.03. The third kappa shape index (κ3) is 11.0. The molecule has 2 heterocycles. The number of H-pyrrole nitrogens is 1. The molecule has 1 aromatic heterocycles. The van der Waals surface area contributed by atoms with Gasteiger partial charge in [-0.25, -0.2) is 26.3 Å². The molecular formula is C28H24K2N4O13S2. The average molecular weight is 767 g/mol. The molecule has 0 spiro atoms. The van der Waals surface area contributed by atoms with E-state index in [1.165, 1.54) is 54.6 Å². The minimum Gasteiger partial charge on any atom is -0.744 e. The summed E-state index contributed by atoms with van der Waals surface area (Å²) >= 11 is 0. The predicted molar refractivity (Wildman–Crippen MR) is 160 cm³/mol. The van der Waals surface area contributed by atoms with Crippen LogP contribution < -0.4 is 118 Å². The predicted octanol–water partition coefficient (Wildman–Crippen LogP) is -4.29. The molecule has 1 aliphatic heterocycles. The van der Waals surface area contributed by atoms with Crippen LogP contribution in [0.25, 0.3) is 11.8 Å². The number of esters is 1. The minimum absolute atomic E-state index is 0. The molecule has 0 bridgehead atoms. The molecule has 0 saturated heterocycles. The van der Waals surface area contributed by atoms with Gasteiger partial charge < -0.3 is 13.8 Å². The Hall–Kier alpha value is -1.91. The van der Waals surface area contributed by atoms with Crippen LogP contribution in [0, 0.1) is 0 Å². The topological polar surface area (TPSA) is 239 Å². The maximum atomic E-state index is 13.2. The summed E-state index contributed by atoms with van der Waals surface area (Å²) in [5, 5.41) is 12.1. The molecule has 0 atom stereocenters. The largest absolute Gasteiger partial charge is 1.00 e. The molecule has 4 rings (SSSR count). The zero-order chi connectivity index (χ0) is 34.4. The number of rotatable bonds is 13. The van der Waals surface area contributed by atoms with Crippen molar-refractivity contribution in [1.29, 1.82) is 0 Å². The molecule has 49 heavy (non-hydrogen) atoms. The molecule has 0 saturated carbocycles. The van der Waals surface area contributed by atoms with Gasteiger partial charge in [-0.3, -0.25) is 19.6 Å². The van der Waals surface area contributed by atoms with Crippen LogP contribution in [-0.2, 0) is 44.5 Å². The summed E-state index contributed by atoms with van der Waals surface area (Å²) in [5.74, 6) is -1.87. The standard InChI is InChI=1S/C28H26N4O13S2.2K/c1-3-42-28(35)24-22(26(33)31(29-24)18-10-14-20(15-11-18)46(36,37)38)8-6-5-7-9-23-25(44-45-43-4-2)30-32(27(23)34)19-12-16-21(17-13-19)47(39,40)41;;/h5-17,30H,3-4H2,1-2H3,(H,36,37,38)(H,39,40,41);;/q;2*+1/p-2/b6-5?,9-7?,22-8-;;.